The first kappa shape index (κ1) is 45.1. The van der Waals surface area contributed by atoms with Gasteiger partial charge in [0, 0.05) is 24.5 Å². The van der Waals surface area contributed by atoms with Gasteiger partial charge < -0.3 is 48.9 Å². The van der Waals surface area contributed by atoms with Crippen LogP contribution in [0.1, 0.15) is 63.9 Å². The third-order valence-corrected chi connectivity index (χ3v) is 14.0. The summed E-state index contributed by atoms with van der Waals surface area (Å²) >= 11 is 0. The van der Waals surface area contributed by atoms with E-state index in [1.165, 1.54) is 48.3 Å². The number of carbonyl (C=O) groups excluding carboxylic acids is 2. The molecule has 4 atom stereocenters. The van der Waals surface area contributed by atoms with Crippen LogP contribution in [0, 0.1) is 0 Å². The van der Waals surface area contributed by atoms with E-state index < -0.39 is 54.9 Å². The highest BCUT2D eigenvalue weighted by atomic mass is 32.2. The van der Waals surface area contributed by atoms with Gasteiger partial charge in [-0.15, -0.1) is 0 Å². The summed E-state index contributed by atoms with van der Waals surface area (Å²) in [5.74, 6) is 1.30. The van der Waals surface area contributed by atoms with Crippen LogP contribution in [0.3, 0.4) is 0 Å². The van der Waals surface area contributed by atoms with E-state index in [9.17, 15) is 35.5 Å². The Morgan fingerprint density at radius 2 is 0.938 bits per heavy atom. The highest BCUT2D eigenvalue weighted by Gasteiger charge is 2.47. The molecule has 0 saturated heterocycles. The Morgan fingerprint density at radius 3 is 1.28 bits per heavy atom. The number of carbonyl (C=O) groups is 2. The van der Waals surface area contributed by atoms with E-state index in [0.29, 0.717) is 41.9 Å². The van der Waals surface area contributed by atoms with Crippen molar-refractivity contribution in [3.8, 4) is 34.5 Å². The van der Waals surface area contributed by atoms with Gasteiger partial charge in [0.05, 0.1) is 76.2 Å². The van der Waals surface area contributed by atoms with Crippen molar-refractivity contribution in [3.63, 3.8) is 0 Å². The van der Waals surface area contributed by atoms with Crippen molar-refractivity contribution in [1.29, 1.82) is 0 Å². The molecule has 4 aromatic carbocycles. The minimum atomic E-state index is -4.71. The van der Waals surface area contributed by atoms with Gasteiger partial charge in [-0.1, -0.05) is 24.3 Å². The molecule has 0 saturated carbocycles. The van der Waals surface area contributed by atoms with Crippen molar-refractivity contribution >= 4 is 54.6 Å². The van der Waals surface area contributed by atoms with Crippen LogP contribution in [0.5, 0.6) is 34.5 Å². The molecular weight excluding hydrogens is 885 g/mol. The molecular formula is C45H48N4O14S2. The lowest BCUT2D eigenvalue weighted by molar-refractivity contribution is 0.0782. The lowest BCUT2D eigenvalue weighted by Gasteiger charge is -2.26. The highest BCUT2D eigenvalue weighted by Crippen LogP contribution is 2.44. The molecule has 0 aromatic heterocycles. The van der Waals surface area contributed by atoms with Crippen molar-refractivity contribution < 1.29 is 64.0 Å². The number of unbranched alkanes of at least 4 members (excludes halogenated alkanes) is 2. The number of nitrogens with one attached hydrogen (secondary N) is 2. The molecule has 4 N–H and O–H groups in total. The molecule has 20 heteroatoms. The van der Waals surface area contributed by atoms with Crippen LogP contribution in [-0.4, -0.2) is 112 Å². The third-order valence-electron chi connectivity index (χ3n) is 11.9. The van der Waals surface area contributed by atoms with Crippen LogP contribution < -0.4 is 39.1 Å². The zero-order chi connectivity index (χ0) is 46.2. The molecule has 4 aliphatic heterocycles. The van der Waals surface area contributed by atoms with Gasteiger partial charge in [0.15, 0.2) is 33.7 Å². The number of methoxy groups -OCH3 is 4. The van der Waals surface area contributed by atoms with Crippen molar-refractivity contribution in [1.82, 2.24) is 9.80 Å². The predicted octanol–water partition coefficient (Wildman–Crippen LogP) is 6.14. The molecule has 8 rings (SSSR count). The maximum Gasteiger partial charge on any atom is 0.288 e. The van der Waals surface area contributed by atoms with Crippen molar-refractivity contribution in [3.05, 3.63) is 107 Å². The van der Waals surface area contributed by atoms with Crippen molar-refractivity contribution in [2.24, 2.45) is 0 Å². The van der Waals surface area contributed by atoms with E-state index >= 15 is 0 Å². The van der Waals surface area contributed by atoms with Crippen LogP contribution in [0.4, 0.5) is 11.4 Å². The topological polar surface area (TPSA) is 229 Å². The Morgan fingerprint density at radius 1 is 0.554 bits per heavy atom. The smallest absolute Gasteiger partial charge is 0.288 e. The van der Waals surface area contributed by atoms with Gasteiger partial charge in [-0.25, -0.2) is 0 Å². The number of hydrogen-bond acceptors (Lipinski definition) is 14. The summed E-state index contributed by atoms with van der Waals surface area (Å²) in [6, 6.07) is 18.3. The normalized spacial score (nSPS) is 20.1. The van der Waals surface area contributed by atoms with Crippen molar-refractivity contribution in [2.75, 3.05) is 52.3 Å². The number of amides is 2. The number of rotatable bonds is 16. The second-order valence-corrected chi connectivity index (χ2v) is 18.8. The van der Waals surface area contributed by atoms with E-state index in [1.807, 2.05) is 24.3 Å². The first-order chi connectivity index (χ1) is 31.1. The molecule has 0 unspecified atom stereocenters. The number of nitrogens with zero attached hydrogens (tertiary/aromatic N) is 2. The zero-order valence-corrected chi connectivity index (χ0v) is 37.5. The maximum atomic E-state index is 14.0. The van der Waals surface area contributed by atoms with E-state index in [2.05, 4.69) is 10.6 Å². The average Bonchev–Trinajstić information content (AvgIpc) is 3.89. The summed E-state index contributed by atoms with van der Waals surface area (Å²) in [7, 11) is -3.48. The van der Waals surface area contributed by atoms with E-state index in [1.54, 1.807) is 50.9 Å². The quantitative estimate of drug-likeness (QED) is 0.0731. The molecule has 0 spiro atoms. The summed E-state index contributed by atoms with van der Waals surface area (Å²) in [5, 5.41) is 2.69. The SMILES string of the molecule is COc1ccc(C2=CN3C(=O)c4cc(OC)c(OCCCCCOc5cc6c(cc5OC)C(=O)N5C=C(c7ccc(OC)cc7)C[C@H]5[C@H](S(=O)(=O)O)N6)cc4N[C@@H](S(=O)(=O)O)[C@@H]3C2)cc1. The van der Waals surface area contributed by atoms with Gasteiger partial charge in [0.2, 0.25) is 0 Å². The van der Waals surface area contributed by atoms with Gasteiger partial charge in [0.1, 0.15) is 11.5 Å². The first-order valence-corrected chi connectivity index (χ1v) is 23.6. The molecule has 0 bridgehead atoms. The summed E-state index contributed by atoms with van der Waals surface area (Å²) < 4.78 is 106. The average molecular weight is 933 g/mol. The number of fused-ring (bicyclic) bond motifs is 4. The second-order valence-electron chi connectivity index (χ2n) is 15.7. The summed E-state index contributed by atoms with van der Waals surface area (Å²) in [5.41, 5.74) is 3.53. The molecule has 65 heavy (non-hydrogen) atoms. The van der Waals surface area contributed by atoms with Crippen molar-refractivity contribution in [2.45, 2.75) is 54.9 Å². The van der Waals surface area contributed by atoms with Crippen LogP contribution in [0.2, 0.25) is 0 Å². The predicted molar refractivity (Wildman–Crippen MR) is 240 cm³/mol. The van der Waals surface area contributed by atoms with Crippen LogP contribution in [0.15, 0.2) is 85.2 Å². The second kappa shape index (κ2) is 18.2. The van der Waals surface area contributed by atoms with Crippen LogP contribution in [0.25, 0.3) is 11.1 Å². The molecule has 4 aliphatic rings. The van der Waals surface area contributed by atoms with Gasteiger partial charge in [-0.05, 0) is 90.8 Å². The highest BCUT2D eigenvalue weighted by molar-refractivity contribution is 7.86. The Kier molecular flexibility index (Phi) is 12.6. The molecule has 0 radical (unpaired) electrons. The summed E-state index contributed by atoms with van der Waals surface area (Å²) in [4.78, 5) is 30.6. The maximum absolute atomic E-state index is 14.0. The van der Waals surface area contributed by atoms with Gasteiger partial charge >= 0.3 is 0 Å². The van der Waals surface area contributed by atoms with E-state index in [4.69, 9.17) is 28.4 Å². The molecule has 0 fully saturated rings. The Balaban J connectivity index is 0.913. The minimum Gasteiger partial charge on any atom is -0.497 e. The minimum absolute atomic E-state index is 0.132. The fraction of sp³-hybridized carbons (Fsp3) is 0.333. The number of hydrogen-bond donors (Lipinski definition) is 4. The van der Waals surface area contributed by atoms with Gasteiger partial charge in [0.25, 0.3) is 32.1 Å². The molecule has 0 aliphatic carbocycles. The molecule has 4 heterocycles. The van der Waals surface area contributed by atoms with Crippen LogP contribution >= 0.6 is 0 Å². The lowest BCUT2D eigenvalue weighted by Crippen LogP contribution is -2.46. The number of ether oxygens (including phenoxy) is 6. The Labute approximate surface area is 376 Å². The number of benzene rings is 4. The fourth-order valence-corrected chi connectivity index (χ4v) is 10.3. The number of anilines is 2. The van der Waals surface area contributed by atoms with E-state index in [0.717, 1.165) is 11.1 Å². The molecule has 4 aromatic rings. The summed E-state index contributed by atoms with van der Waals surface area (Å²) in [6.07, 6.45) is 5.24. The molecule has 18 nitrogen and oxygen atoms in total. The third kappa shape index (κ3) is 9.11. The standard InChI is InChI=1S/C45H48N4O14S2/c1-58-30-12-8-26(9-13-30)28-18-36-42(64(52,53)54)46-34-22-40(38(60-3)20-32(34)44(50)48(36)24-28)62-16-6-5-7-17-63-41-23-35-33(21-39(41)61-4)45(51)49-25-29(27-10-14-31(59-2)15-11-27)19-37(49)43(47-35)65(55,56)57/h8-15,20-25,36-37,42-43,46-47H,5-7,16-19H2,1-4H3,(H,52,53,54)(H,55,56,57)/t36-,37-,42-,43-/m0/s1. The largest absolute Gasteiger partial charge is 0.497 e. The first-order valence-electron chi connectivity index (χ1n) is 20.6. The molecule has 344 valence electrons. The monoisotopic (exact) mass is 932 g/mol. The lowest BCUT2D eigenvalue weighted by atomic mass is 10.0. The van der Waals surface area contributed by atoms with Crippen LogP contribution in [-0.2, 0) is 20.2 Å². The van der Waals surface area contributed by atoms with Gasteiger partial charge in [-0.3, -0.25) is 18.7 Å². The fourth-order valence-electron chi connectivity index (χ4n) is 8.52. The zero-order valence-electron chi connectivity index (χ0n) is 35.8. The Bertz CT molecular complexity index is 2590. The Hall–Kier alpha value is -6.48. The van der Waals surface area contributed by atoms with Gasteiger partial charge in [-0.2, -0.15) is 16.8 Å². The van der Waals surface area contributed by atoms with E-state index in [-0.39, 0.29) is 71.6 Å². The molecule has 2 amide bonds. The summed E-state index contributed by atoms with van der Waals surface area (Å²) in [6.45, 7) is 0.427.